The van der Waals surface area contributed by atoms with Gasteiger partial charge in [0, 0.05) is 6.42 Å². The quantitative estimate of drug-likeness (QED) is 0.0261. The lowest BCUT2D eigenvalue weighted by atomic mass is 9.99. The number of aliphatic hydroxyl groups is 5. The Balaban J connectivity index is 1.99. The molecule has 1 fully saturated rings. The predicted octanol–water partition coefficient (Wildman–Crippen LogP) is 17.5. The van der Waals surface area contributed by atoms with E-state index in [1.54, 1.807) is 6.08 Å². The Morgan fingerprint density at radius 2 is 0.776 bits per heavy atom. The average molecular weight is 1070 g/mol. The standard InChI is InChI=1S/C67H127NO8/c1-3-5-7-9-11-13-15-17-18-19-20-21-22-23-24-25-26-27-28-29-30-31-32-33-34-35-36-37-38-39-40-41-42-43-44-45-47-49-51-53-55-57-63(71)68-60(59-75-67-66(74)65(73)64(72)62(58-69)76-67)61(70)56-54-52-50-48-46-16-14-12-10-8-6-4-2/h15,17,19-20,54,56,60-62,64-67,69-70,72-74H,3-14,16,18,21-53,55,57-59H2,1-2H3,(H,68,71)/b17-15-,20-19-,56-54+. The van der Waals surface area contributed by atoms with Crippen LogP contribution in [-0.2, 0) is 14.3 Å². The zero-order valence-corrected chi connectivity index (χ0v) is 50.0. The molecule has 0 aromatic heterocycles. The largest absolute Gasteiger partial charge is 0.394 e. The lowest BCUT2D eigenvalue weighted by molar-refractivity contribution is -0.302. The highest BCUT2D eigenvalue weighted by atomic mass is 16.7. The van der Waals surface area contributed by atoms with Gasteiger partial charge in [0.25, 0.3) is 0 Å². The Morgan fingerprint density at radius 3 is 1.13 bits per heavy atom. The molecule has 9 nitrogen and oxygen atoms in total. The summed E-state index contributed by atoms with van der Waals surface area (Å²) < 4.78 is 11.3. The van der Waals surface area contributed by atoms with Crippen LogP contribution in [-0.4, -0.2) is 87.5 Å². The van der Waals surface area contributed by atoms with Gasteiger partial charge in [-0.25, -0.2) is 0 Å². The van der Waals surface area contributed by atoms with E-state index in [1.807, 2.05) is 6.08 Å². The van der Waals surface area contributed by atoms with Crippen LogP contribution >= 0.6 is 0 Å². The first-order valence-electron chi connectivity index (χ1n) is 33.2. The van der Waals surface area contributed by atoms with Crippen molar-refractivity contribution in [2.75, 3.05) is 13.2 Å². The van der Waals surface area contributed by atoms with E-state index in [2.05, 4.69) is 43.5 Å². The summed E-state index contributed by atoms with van der Waals surface area (Å²) in [5.41, 5.74) is 0. The zero-order valence-electron chi connectivity index (χ0n) is 50.0. The molecular formula is C67H127NO8. The van der Waals surface area contributed by atoms with Crippen molar-refractivity contribution in [3.63, 3.8) is 0 Å². The number of rotatable bonds is 58. The van der Waals surface area contributed by atoms with E-state index in [1.165, 1.54) is 263 Å². The van der Waals surface area contributed by atoms with Crippen LogP contribution in [0.1, 0.15) is 328 Å². The number of nitrogens with one attached hydrogen (secondary N) is 1. The summed E-state index contributed by atoms with van der Waals surface area (Å²) in [5.74, 6) is -0.172. The third-order valence-corrected chi connectivity index (χ3v) is 16.0. The van der Waals surface area contributed by atoms with E-state index in [9.17, 15) is 30.3 Å². The third-order valence-electron chi connectivity index (χ3n) is 16.0. The van der Waals surface area contributed by atoms with Crippen LogP contribution in [0, 0.1) is 0 Å². The van der Waals surface area contributed by atoms with Gasteiger partial charge in [-0.3, -0.25) is 4.79 Å². The molecule has 0 saturated carbocycles. The summed E-state index contributed by atoms with van der Waals surface area (Å²) >= 11 is 0. The lowest BCUT2D eigenvalue weighted by Gasteiger charge is -2.40. The second-order valence-corrected chi connectivity index (χ2v) is 23.3. The van der Waals surface area contributed by atoms with Gasteiger partial charge in [0.1, 0.15) is 24.4 Å². The molecule has 0 radical (unpaired) electrons. The number of allylic oxidation sites excluding steroid dienone is 5. The molecule has 76 heavy (non-hydrogen) atoms. The Labute approximate surface area is 470 Å². The molecule has 448 valence electrons. The van der Waals surface area contributed by atoms with Gasteiger partial charge in [-0.1, -0.05) is 307 Å². The molecule has 9 heteroatoms. The van der Waals surface area contributed by atoms with Crippen molar-refractivity contribution in [1.82, 2.24) is 5.32 Å². The highest BCUT2D eigenvalue weighted by Crippen LogP contribution is 2.23. The van der Waals surface area contributed by atoms with Crippen LogP contribution < -0.4 is 5.32 Å². The minimum absolute atomic E-state index is 0.172. The van der Waals surface area contributed by atoms with Gasteiger partial charge in [-0.15, -0.1) is 0 Å². The van der Waals surface area contributed by atoms with Gasteiger partial charge in [-0.2, -0.15) is 0 Å². The number of aliphatic hydroxyl groups excluding tert-OH is 5. The maximum Gasteiger partial charge on any atom is 0.220 e. The summed E-state index contributed by atoms with van der Waals surface area (Å²) in [6, 6.07) is -0.801. The minimum Gasteiger partial charge on any atom is -0.394 e. The van der Waals surface area contributed by atoms with Crippen molar-refractivity contribution in [3.8, 4) is 0 Å². The van der Waals surface area contributed by atoms with Gasteiger partial charge in [0.05, 0.1) is 25.4 Å². The molecule has 7 unspecified atom stereocenters. The molecule has 0 spiro atoms. The van der Waals surface area contributed by atoms with E-state index < -0.39 is 49.5 Å². The number of carbonyl (C=O) groups is 1. The molecule has 1 saturated heterocycles. The van der Waals surface area contributed by atoms with E-state index in [4.69, 9.17) is 9.47 Å². The molecule has 1 amide bonds. The highest BCUT2D eigenvalue weighted by molar-refractivity contribution is 5.76. The number of unbranched alkanes of at least 4 members (excludes halogenated alkanes) is 44. The van der Waals surface area contributed by atoms with Crippen LogP contribution in [0.3, 0.4) is 0 Å². The van der Waals surface area contributed by atoms with Crippen molar-refractivity contribution in [2.45, 2.75) is 371 Å². The van der Waals surface area contributed by atoms with Crippen LogP contribution in [0.15, 0.2) is 36.5 Å². The SMILES string of the molecule is CCCCCCC/C=C\C/C=C\CCCCCCCCCCCCCCCCCCCCCCCCCCCCCCCC(=O)NC(COC1OC(CO)C(O)C(O)C1O)C(O)/C=C/CCCCCCCCCCCC. The highest BCUT2D eigenvalue weighted by Gasteiger charge is 2.44. The van der Waals surface area contributed by atoms with Crippen LogP contribution in [0.4, 0.5) is 0 Å². The maximum absolute atomic E-state index is 13.0. The molecule has 1 aliphatic heterocycles. The lowest BCUT2D eigenvalue weighted by Crippen LogP contribution is -2.60. The molecule has 6 N–H and O–H groups in total. The molecule has 0 aromatic rings. The number of amides is 1. The van der Waals surface area contributed by atoms with E-state index in [0.29, 0.717) is 6.42 Å². The molecule has 0 aliphatic carbocycles. The Morgan fingerprint density at radius 1 is 0.447 bits per heavy atom. The zero-order chi connectivity index (χ0) is 55.0. The molecule has 0 aromatic carbocycles. The fraction of sp³-hybridized carbons (Fsp3) is 0.896. The Bertz CT molecular complexity index is 1290. The minimum atomic E-state index is -1.56. The second-order valence-electron chi connectivity index (χ2n) is 23.3. The average Bonchev–Trinajstić information content (AvgIpc) is 3.42. The summed E-state index contributed by atoms with van der Waals surface area (Å²) in [5, 5.41) is 54.4. The van der Waals surface area contributed by atoms with E-state index in [0.717, 1.165) is 44.9 Å². The third kappa shape index (κ3) is 45.2. The normalized spacial score (nSPS) is 19.0. The summed E-state index contributed by atoms with van der Waals surface area (Å²) in [6.07, 6.45) is 68.4. The molecular weight excluding hydrogens is 947 g/mol. The summed E-state index contributed by atoms with van der Waals surface area (Å²) in [6.45, 7) is 3.78. The van der Waals surface area contributed by atoms with Crippen LogP contribution in [0.25, 0.3) is 0 Å². The van der Waals surface area contributed by atoms with E-state index in [-0.39, 0.29) is 12.5 Å². The van der Waals surface area contributed by atoms with Crippen molar-refractivity contribution in [2.24, 2.45) is 0 Å². The molecule has 1 rings (SSSR count). The number of hydrogen-bond donors (Lipinski definition) is 6. The molecule has 1 heterocycles. The van der Waals surface area contributed by atoms with Gasteiger partial charge < -0.3 is 40.3 Å². The molecule has 1 aliphatic rings. The number of carbonyl (C=O) groups excluding carboxylic acids is 1. The van der Waals surface area contributed by atoms with Gasteiger partial charge in [0.15, 0.2) is 6.29 Å². The monoisotopic (exact) mass is 1070 g/mol. The van der Waals surface area contributed by atoms with Gasteiger partial charge in [-0.05, 0) is 51.4 Å². The fourth-order valence-corrected chi connectivity index (χ4v) is 10.7. The maximum atomic E-state index is 13.0. The summed E-state index contributed by atoms with van der Waals surface area (Å²) in [4.78, 5) is 13.0. The first-order chi connectivity index (χ1) is 37.3. The van der Waals surface area contributed by atoms with Gasteiger partial charge in [0.2, 0.25) is 5.91 Å². The topological polar surface area (TPSA) is 149 Å². The van der Waals surface area contributed by atoms with Crippen LogP contribution in [0.2, 0.25) is 0 Å². The molecule has 0 bridgehead atoms. The number of ether oxygens (including phenoxy) is 2. The molecule has 7 atom stereocenters. The van der Waals surface area contributed by atoms with Crippen LogP contribution in [0.5, 0.6) is 0 Å². The summed E-state index contributed by atoms with van der Waals surface area (Å²) in [7, 11) is 0. The first-order valence-corrected chi connectivity index (χ1v) is 33.2. The number of hydrogen-bond acceptors (Lipinski definition) is 8. The Hall–Kier alpha value is -1.59. The first kappa shape index (κ1) is 72.4. The van der Waals surface area contributed by atoms with Crippen molar-refractivity contribution in [1.29, 1.82) is 0 Å². The van der Waals surface area contributed by atoms with Gasteiger partial charge >= 0.3 is 0 Å². The van der Waals surface area contributed by atoms with Crippen molar-refractivity contribution >= 4 is 5.91 Å². The van der Waals surface area contributed by atoms with E-state index >= 15 is 0 Å². The smallest absolute Gasteiger partial charge is 0.220 e. The second kappa shape index (κ2) is 56.7. The Kier molecular flexibility index (Phi) is 54.0. The fourth-order valence-electron chi connectivity index (χ4n) is 10.7. The van der Waals surface area contributed by atoms with Crippen molar-refractivity contribution < 1.29 is 39.8 Å². The van der Waals surface area contributed by atoms with Crippen molar-refractivity contribution in [3.05, 3.63) is 36.5 Å². The predicted molar refractivity (Wildman–Crippen MR) is 323 cm³/mol.